The highest BCUT2D eigenvalue weighted by atomic mass is 35.5. The maximum atomic E-state index is 6.10. The second-order valence-corrected chi connectivity index (χ2v) is 6.04. The van der Waals surface area contributed by atoms with Gasteiger partial charge in [-0.3, -0.25) is 0 Å². The summed E-state index contributed by atoms with van der Waals surface area (Å²) in [6, 6.07) is 13.6. The highest BCUT2D eigenvalue weighted by Gasteiger charge is 2.14. The van der Waals surface area contributed by atoms with Gasteiger partial charge in [-0.15, -0.1) is 0 Å². The molecule has 1 atom stereocenters. The van der Waals surface area contributed by atoms with Crippen molar-refractivity contribution in [1.82, 2.24) is 5.32 Å². The summed E-state index contributed by atoms with van der Waals surface area (Å²) in [6.45, 7) is 4.03. The summed E-state index contributed by atoms with van der Waals surface area (Å²) in [5.41, 5.74) is 2.13. The zero-order chi connectivity index (χ0) is 15.4. The topological polar surface area (TPSA) is 21.3 Å². The predicted molar refractivity (Wildman–Crippen MR) is 89.6 cm³/mol. The third-order valence-electron chi connectivity index (χ3n) is 3.07. The van der Waals surface area contributed by atoms with Gasteiger partial charge in [0.25, 0.3) is 0 Å². The lowest BCUT2D eigenvalue weighted by molar-refractivity contribution is 0.242. The lowest BCUT2D eigenvalue weighted by atomic mass is 9.98. The summed E-state index contributed by atoms with van der Waals surface area (Å²) in [6.07, 6.45) is 0.147. The van der Waals surface area contributed by atoms with E-state index in [1.54, 1.807) is 6.07 Å². The molecule has 1 unspecified atom stereocenters. The monoisotopic (exact) mass is 323 g/mol. The third-order valence-corrected chi connectivity index (χ3v) is 3.51. The Bertz CT molecular complexity index is 593. The molecule has 21 heavy (non-hydrogen) atoms. The number of hydrogen-bond acceptors (Lipinski definition) is 2. The van der Waals surface area contributed by atoms with Crippen molar-refractivity contribution >= 4 is 23.2 Å². The Labute approximate surface area is 136 Å². The molecule has 4 heteroatoms. The van der Waals surface area contributed by atoms with Gasteiger partial charge in [-0.2, -0.15) is 0 Å². The predicted octanol–water partition coefficient (Wildman–Crippen LogP) is 5.09. The highest BCUT2D eigenvalue weighted by molar-refractivity contribution is 6.34. The van der Waals surface area contributed by atoms with Gasteiger partial charge in [0.15, 0.2) is 0 Å². The van der Waals surface area contributed by atoms with Crippen LogP contribution in [0.4, 0.5) is 0 Å². The SMILES string of the molecule is CNC(c1cc(Cl)cc(Cl)c1)c1cccc(OC(C)C)c1. The Hall–Kier alpha value is -1.22. The first-order valence-corrected chi connectivity index (χ1v) is 7.65. The molecule has 0 aliphatic carbocycles. The van der Waals surface area contributed by atoms with E-state index >= 15 is 0 Å². The van der Waals surface area contributed by atoms with Crippen LogP contribution in [0, 0.1) is 0 Å². The molecule has 1 N–H and O–H groups in total. The number of halogens is 2. The summed E-state index contributed by atoms with van der Waals surface area (Å²) < 4.78 is 5.75. The fourth-order valence-electron chi connectivity index (χ4n) is 2.31. The first-order valence-electron chi connectivity index (χ1n) is 6.89. The summed E-state index contributed by atoms with van der Waals surface area (Å²) in [4.78, 5) is 0. The minimum absolute atomic E-state index is 0.0110. The van der Waals surface area contributed by atoms with Crippen molar-refractivity contribution in [2.75, 3.05) is 7.05 Å². The standard InChI is InChI=1S/C17H19Cl2NO/c1-11(2)21-16-6-4-5-12(9-16)17(20-3)13-7-14(18)10-15(19)8-13/h4-11,17,20H,1-3H3. The van der Waals surface area contributed by atoms with Gasteiger partial charge in [0.05, 0.1) is 12.1 Å². The van der Waals surface area contributed by atoms with Gasteiger partial charge < -0.3 is 10.1 Å². The molecule has 0 aliphatic heterocycles. The average molecular weight is 324 g/mol. The fourth-order valence-corrected chi connectivity index (χ4v) is 2.85. The fraction of sp³-hybridized carbons (Fsp3) is 0.294. The van der Waals surface area contributed by atoms with E-state index in [1.807, 2.05) is 51.2 Å². The molecule has 2 nitrogen and oxygen atoms in total. The minimum Gasteiger partial charge on any atom is -0.491 e. The largest absolute Gasteiger partial charge is 0.491 e. The van der Waals surface area contributed by atoms with Crippen LogP contribution in [0.1, 0.15) is 31.0 Å². The van der Waals surface area contributed by atoms with Crippen LogP contribution in [-0.2, 0) is 0 Å². The molecule has 2 aromatic carbocycles. The lowest BCUT2D eigenvalue weighted by Crippen LogP contribution is -2.18. The van der Waals surface area contributed by atoms with Crippen molar-refractivity contribution in [2.45, 2.75) is 26.0 Å². The van der Waals surface area contributed by atoms with E-state index < -0.39 is 0 Å². The van der Waals surface area contributed by atoms with E-state index in [2.05, 4.69) is 11.4 Å². The summed E-state index contributed by atoms with van der Waals surface area (Å²) >= 11 is 12.2. The van der Waals surface area contributed by atoms with Gasteiger partial charge in [-0.05, 0) is 62.4 Å². The van der Waals surface area contributed by atoms with Crippen LogP contribution in [0.25, 0.3) is 0 Å². The molecule has 0 fully saturated rings. The molecule has 2 rings (SSSR count). The van der Waals surface area contributed by atoms with Crippen LogP contribution in [0.3, 0.4) is 0 Å². The summed E-state index contributed by atoms with van der Waals surface area (Å²) in [7, 11) is 1.91. The van der Waals surface area contributed by atoms with Gasteiger partial charge in [0.2, 0.25) is 0 Å². The molecule has 0 spiro atoms. The van der Waals surface area contributed by atoms with Crippen LogP contribution in [0.2, 0.25) is 10.0 Å². The smallest absolute Gasteiger partial charge is 0.120 e. The molecule has 2 aromatic rings. The van der Waals surface area contributed by atoms with Gasteiger partial charge >= 0.3 is 0 Å². The van der Waals surface area contributed by atoms with Crippen molar-refractivity contribution in [2.24, 2.45) is 0 Å². The van der Waals surface area contributed by atoms with Gasteiger partial charge in [-0.1, -0.05) is 35.3 Å². The second kappa shape index (κ2) is 7.17. The molecule has 112 valence electrons. The summed E-state index contributed by atoms with van der Waals surface area (Å²) in [5.74, 6) is 0.857. The first kappa shape index (κ1) is 16.2. The lowest BCUT2D eigenvalue weighted by Gasteiger charge is -2.19. The zero-order valence-corrected chi connectivity index (χ0v) is 13.9. The minimum atomic E-state index is 0.0110. The molecule has 0 aromatic heterocycles. The Balaban J connectivity index is 2.36. The van der Waals surface area contributed by atoms with Crippen molar-refractivity contribution in [3.05, 3.63) is 63.6 Å². The Morgan fingerprint density at radius 2 is 1.62 bits per heavy atom. The molecule has 0 saturated heterocycles. The van der Waals surface area contributed by atoms with Gasteiger partial charge in [0.1, 0.15) is 5.75 Å². The number of nitrogens with one attached hydrogen (secondary N) is 1. The Morgan fingerprint density at radius 1 is 0.952 bits per heavy atom. The molecule has 0 aliphatic rings. The Morgan fingerprint density at radius 3 is 2.19 bits per heavy atom. The van der Waals surface area contributed by atoms with Crippen LogP contribution in [0.15, 0.2) is 42.5 Å². The number of rotatable bonds is 5. The van der Waals surface area contributed by atoms with Crippen molar-refractivity contribution in [1.29, 1.82) is 0 Å². The first-order chi connectivity index (χ1) is 9.99. The quantitative estimate of drug-likeness (QED) is 0.827. The zero-order valence-electron chi connectivity index (χ0n) is 12.4. The van der Waals surface area contributed by atoms with Crippen molar-refractivity contribution in [3.8, 4) is 5.75 Å². The molecule has 0 amide bonds. The van der Waals surface area contributed by atoms with Gasteiger partial charge in [-0.25, -0.2) is 0 Å². The van der Waals surface area contributed by atoms with Crippen LogP contribution in [-0.4, -0.2) is 13.2 Å². The molecular weight excluding hydrogens is 305 g/mol. The van der Waals surface area contributed by atoms with E-state index in [-0.39, 0.29) is 12.1 Å². The van der Waals surface area contributed by atoms with Crippen LogP contribution < -0.4 is 10.1 Å². The third kappa shape index (κ3) is 4.37. The van der Waals surface area contributed by atoms with E-state index in [0.717, 1.165) is 16.9 Å². The number of benzene rings is 2. The molecule has 0 heterocycles. The van der Waals surface area contributed by atoms with E-state index in [1.165, 1.54) is 0 Å². The van der Waals surface area contributed by atoms with E-state index in [0.29, 0.717) is 10.0 Å². The maximum Gasteiger partial charge on any atom is 0.120 e. The maximum absolute atomic E-state index is 6.10. The molecular formula is C17H19Cl2NO. The van der Waals surface area contributed by atoms with E-state index in [4.69, 9.17) is 27.9 Å². The highest BCUT2D eigenvalue weighted by Crippen LogP contribution is 2.29. The second-order valence-electron chi connectivity index (χ2n) is 5.16. The number of ether oxygens (including phenoxy) is 1. The van der Waals surface area contributed by atoms with Crippen LogP contribution >= 0.6 is 23.2 Å². The van der Waals surface area contributed by atoms with Gasteiger partial charge in [0, 0.05) is 10.0 Å². The normalized spacial score (nSPS) is 12.5. The summed E-state index contributed by atoms with van der Waals surface area (Å²) in [5, 5.41) is 4.56. The molecule has 0 radical (unpaired) electrons. The van der Waals surface area contributed by atoms with E-state index in [9.17, 15) is 0 Å². The molecule has 0 saturated carbocycles. The number of hydrogen-bond donors (Lipinski definition) is 1. The van der Waals surface area contributed by atoms with Crippen LogP contribution in [0.5, 0.6) is 5.75 Å². The van der Waals surface area contributed by atoms with Crippen molar-refractivity contribution < 1.29 is 4.74 Å². The van der Waals surface area contributed by atoms with Crippen molar-refractivity contribution in [3.63, 3.8) is 0 Å². The average Bonchev–Trinajstić information content (AvgIpc) is 2.38. The Kier molecular flexibility index (Phi) is 5.51. The molecule has 0 bridgehead atoms.